The molecule has 1 aromatic rings. The second kappa shape index (κ2) is 4.25. The monoisotopic (exact) mass is 216 g/mol. The third-order valence-corrected chi connectivity index (χ3v) is 2.63. The first-order valence-corrected chi connectivity index (χ1v) is 4.90. The number of benzene rings is 1. The molecule has 3 nitrogen and oxygen atoms in total. The largest absolute Gasteiger partial charge is 0.294 e. The minimum Gasteiger partial charge on any atom is -0.282 e. The lowest BCUT2D eigenvalue weighted by Gasteiger charge is -2.01. The van der Waals surface area contributed by atoms with Crippen molar-refractivity contribution in [2.24, 2.45) is 0 Å². The van der Waals surface area contributed by atoms with Crippen LogP contribution in [-0.4, -0.2) is 30.3 Å². The molecular formula is C8H13AlO3S. The molecule has 0 bridgehead atoms. The first-order chi connectivity index (χ1) is 5.41. The summed E-state index contributed by atoms with van der Waals surface area (Å²) in [6.45, 7) is 3.67. The standard InChI is InChI=1S/C8H10O3S.Al.3H/c1-6-3-4-8(5-7(6)2)12(9,10)11;;;;/h3-5H,1-2H3,(H,9,10,11);;;;. The quantitative estimate of drug-likeness (QED) is 0.545. The summed E-state index contributed by atoms with van der Waals surface area (Å²) in [5.74, 6) is 0. The van der Waals surface area contributed by atoms with Crippen molar-refractivity contribution in [3.05, 3.63) is 29.3 Å². The number of rotatable bonds is 1. The van der Waals surface area contributed by atoms with Crippen molar-refractivity contribution < 1.29 is 13.0 Å². The molecule has 1 rings (SSSR count). The van der Waals surface area contributed by atoms with Crippen LogP contribution in [-0.2, 0) is 10.1 Å². The molecule has 13 heavy (non-hydrogen) atoms. The first kappa shape index (κ1) is 12.7. The highest BCUT2D eigenvalue weighted by molar-refractivity contribution is 7.85. The van der Waals surface area contributed by atoms with Crippen molar-refractivity contribution in [1.82, 2.24) is 0 Å². The minimum atomic E-state index is -4.04. The molecule has 0 aliphatic heterocycles. The van der Waals surface area contributed by atoms with Gasteiger partial charge in [0.05, 0.1) is 4.90 Å². The van der Waals surface area contributed by atoms with Crippen molar-refractivity contribution in [2.75, 3.05) is 0 Å². The van der Waals surface area contributed by atoms with E-state index in [1.807, 2.05) is 6.92 Å². The van der Waals surface area contributed by atoms with Crippen LogP contribution in [0.4, 0.5) is 0 Å². The van der Waals surface area contributed by atoms with Gasteiger partial charge in [0.1, 0.15) is 0 Å². The first-order valence-electron chi connectivity index (χ1n) is 3.46. The molecule has 5 heteroatoms. The summed E-state index contributed by atoms with van der Waals surface area (Å²) in [4.78, 5) is -0.0504. The lowest BCUT2D eigenvalue weighted by molar-refractivity contribution is 0.483. The van der Waals surface area contributed by atoms with E-state index in [0.717, 1.165) is 11.1 Å². The van der Waals surface area contributed by atoms with E-state index < -0.39 is 10.1 Å². The molecule has 1 aromatic carbocycles. The lowest BCUT2D eigenvalue weighted by Crippen LogP contribution is -1.98. The van der Waals surface area contributed by atoms with Crippen LogP contribution < -0.4 is 0 Å². The second-order valence-corrected chi connectivity index (χ2v) is 4.14. The summed E-state index contributed by atoms with van der Waals surface area (Å²) in [6.07, 6.45) is 0. The predicted molar refractivity (Wildman–Crippen MR) is 55.7 cm³/mol. The summed E-state index contributed by atoms with van der Waals surface area (Å²) in [5.41, 5.74) is 1.85. The van der Waals surface area contributed by atoms with Crippen LogP contribution in [0.25, 0.3) is 0 Å². The van der Waals surface area contributed by atoms with Crippen LogP contribution in [0.15, 0.2) is 23.1 Å². The minimum absolute atomic E-state index is 0. The van der Waals surface area contributed by atoms with Crippen molar-refractivity contribution in [1.29, 1.82) is 0 Å². The molecule has 0 radical (unpaired) electrons. The fourth-order valence-electron chi connectivity index (χ4n) is 0.874. The summed E-state index contributed by atoms with van der Waals surface area (Å²) in [5, 5.41) is 0. The van der Waals surface area contributed by atoms with E-state index in [0.29, 0.717) is 0 Å². The normalized spacial score (nSPS) is 10.7. The van der Waals surface area contributed by atoms with E-state index >= 15 is 0 Å². The Kier molecular flexibility index (Phi) is 4.14. The van der Waals surface area contributed by atoms with Crippen LogP contribution in [0.2, 0.25) is 0 Å². The van der Waals surface area contributed by atoms with E-state index in [-0.39, 0.29) is 22.3 Å². The van der Waals surface area contributed by atoms with Crippen LogP contribution in [0.1, 0.15) is 11.1 Å². The van der Waals surface area contributed by atoms with Gasteiger partial charge >= 0.3 is 0 Å². The molecular weight excluding hydrogens is 203 g/mol. The molecule has 0 spiro atoms. The number of aryl methyl sites for hydroxylation is 2. The van der Waals surface area contributed by atoms with Gasteiger partial charge in [0.25, 0.3) is 10.1 Å². The summed E-state index contributed by atoms with van der Waals surface area (Å²) >= 11 is 0. The topological polar surface area (TPSA) is 54.4 Å². The van der Waals surface area contributed by atoms with Crippen molar-refractivity contribution in [2.45, 2.75) is 18.7 Å². The smallest absolute Gasteiger partial charge is 0.282 e. The van der Waals surface area contributed by atoms with Gasteiger partial charge in [-0.3, -0.25) is 4.55 Å². The van der Waals surface area contributed by atoms with Gasteiger partial charge in [-0.25, -0.2) is 0 Å². The molecule has 0 aliphatic carbocycles. The zero-order chi connectivity index (χ0) is 9.35. The Morgan fingerprint density at radius 2 is 1.69 bits per heavy atom. The molecule has 0 fully saturated rings. The molecule has 0 saturated carbocycles. The Morgan fingerprint density at radius 1 is 1.15 bits per heavy atom. The fraction of sp³-hybridized carbons (Fsp3) is 0.250. The van der Waals surface area contributed by atoms with Crippen LogP contribution in [0.5, 0.6) is 0 Å². The Labute approximate surface area is 88.7 Å². The van der Waals surface area contributed by atoms with E-state index in [1.54, 1.807) is 13.0 Å². The molecule has 0 saturated heterocycles. The van der Waals surface area contributed by atoms with Gasteiger partial charge in [-0.05, 0) is 37.1 Å². The van der Waals surface area contributed by atoms with Gasteiger partial charge in [0.15, 0.2) is 17.4 Å². The zero-order valence-corrected chi connectivity index (χ0v) is 7.72. The van der Waals surface area contributed by atoms with Gasteiger partial charge in [-0.15, -0.1) is 0 Å². The predicted octanol–water partition coefficient (Wildman–Crippen LogP) is 0.366. The van der Waals surface area contributed by atoms with E-state index in [2.05, 4.69) is 0 Å². The van der Waals surface area contributed by atoms with Crippen molar-refractivity contribution in [3.8, 4) is 0 Å². The van der Waals surface area contributed by atoms with Crippen molar-refractivity contribution in [3.63, 3.8) is 0 Å². The maximum Gasteiger partial charge on any atom is 0.294 e. The highest BCUT2D eigenvalue weighted by atomic mass is 32.2. The third kappa shape index (κ3) is 3.13. The van der Waals surface area contributed by atoms with Gasteiger partial charge in [-0.1, -0.05) is 6.07 Å². The van der Waals surface area contributed by atoms with E-state index in [1.165, 1.54) is 12.1 Å². The molecule has 0 heterocycles. The molecule has 0 aromatic heterocycles. The van der Waals surface area contributed by atoms with Gasteiger partial charge < -0.3 is 0 Å². The van der Waals surface area contributed by atoms with E-state index in [4.69, 9.17) is 4.55 Å². The summed E-state index contributed by atoms with van der Waals surface area (Å²) in [6, 6.07) is 4.50. The van der Waals surface area contributed by atoms with Gasteiger partial charge in [0.2, 0.25) is 0 Å². The number of hydrogen-bond acceptors (Lipinski definition) is 2. The third-order valence-electron chi connectivity index (χ3n) is 1.78. The highest BCUT2D eigenvalue weighted by Gasteiger charge is 2.08. The maximum atomic E-state index is 10.7. The summed E-state index contributed by atoms with van der Waals surface area (Å²) < 4.78 is 30.0. The molecule has 0 aliphatic rings. The Balaban J connectivity index is 0.00000144. The maximum absolute atomic E-state index is 10.7. The average Bonchev–Trinajstić information content (AvgIpc) is 1.92. The van der Waals surface area contributed by atoms with Crippen LogP contribution >= 0.6 is 0 Å². The molecule has 1 N–H and O–H groups in total. The molecule has 0 amide bonds. The SMILES string of the molecule is Cc1ccc(S(=O)(=O)O)cc1C.[AlH3]. The highest BCUT2D eigenvalue weighted by Crippen LogP contribution is 2.13. The average molecular weight is 216 g/mol. The lowest BCUT2D eigenvalue weighted by atomic mass is 10.1. The van der Waals surface area contributed by atoms with E-state index in [9.17, 15) is 8.42 Å². The molecule has 0 atom stereocenters. The zero-order valence-electron chi connectivity index (χ0n) is 6.90. The van der Waals surface area contributed by atoms with Gasteiger partial charge in [0, 0.05) is 0 Å². The molecule has 0 unspecified atom stereocenters. The second-order valence-electron chi connectivity index (χ2n) is 2.72. The van der Waals surface area contributed by atoms with Crippen LogP contribution in [0, 0.1) is 13.8 Å². The van der Waals surface area contributed by atoms with Crippen molar-refractivity contribution >= 4 is 27.5 Å². The Bertz CT molecular complexity index is 398. The molecule has 72 valence electrons. The van der Waals surface area contributed by atoms with Crippen LogP contribution in [0.3, 0.4) is 0 Å². The number of hydrogen-bond donors (Lipinski definition) is 1. The summed E-state index contributed by atoms with van der Waals surface area (Å²) in [7, 11) is -4.04. The fourth-order valence-corrected chi connectivity index (χ4v) is 1.44. The van der Waals surface area contributed by atoms with Gasteiger partial charge in [-0.2, -0.15) is 8.42 Å². The Morgan fingerprint density at radius 3 is 2.08 bits per heavy atom. The Hall–Kier alpha value is -0.338.